The van der Waals surface area contributed by atoms with E-state index in [1.165, 1.54) is 14.0 Å². The van der Waals surface area contributed by atoms with Crippen LogP contribution in [-0.4, -0.2) is 58.6 Å². The van der Waals surface area contributed by atoms with Gasteiger partial charge in [0.15, 0.2) is 0 Å². The molecular formula is C12H16N2O7. The van der Waals surface area contributed by atoms with Crippen molar-refractivity contribution in [3.05, 3.63) is 11.3 Å². The predicted molar refractivity (Wildman–Crippen MR) is 66.5 cm³/mol. The van der Waals surface area contributed by atoms with Crippen molar-refractivity contribution >= 4 is 18.0 Å². The maximum Gasteiger partial charge on any atom is 0.407 e. The second-order valence-corrected chi connectivity index (χ2v) is 4.93. The number of primary amides is 1. The summed E-state index contributed by atoms with van der Waals surface area (Å²) in [5, 5.41) is 18.9. The van der Waals surface area contributed by atoms with Gasteiger partial charge in [0.2, 0.25) is 12.2 Å². The molecule has 2 heterocycles. The van der Waals surface area contributed by atoms with E-state index in [4.69, 9.17) is 15.2 Å². The smallest absolute Gasteiger partial charge is 0.407 e. The van der Waals surface area contributed by atoms with Crippen molar-refractivity contribution in [3.8, 4) is 0 Å². The number of nitrogens with two attached hydrogens (primary N) is 1. The molecule has 0 aromatic carbocycles. The van der Waals surface area contributed by atoms with E-state index in [2.05, 4.69) is 0 Å². The highest BCUT2D eigenvalue weighted by Gasteiger charge is 2.57. The average Bonchev–Trinajstić information content (AvgIpc) is 2.70. The van der Waals surface area contributed by atoms with Gasteiger partial charge in [0.25, 0.3) is 0 Å². The van der Waals surface area contributed by atoms with E-state index in [-0.39, 0.29) is 17.7 Å². The Kier molecular flexibility index (Phi) is 3.88. The Morgan fingerprint density at radius 1 is 1.48 bits per heavy atom. The normalized spacial score (nSPS) is 27.0. The Morgan fingerprint density at radius 2 is 2.10 bits per heavy atom. The van der Waals surface area contributed by atoms with Gasteiger partial charge in [-0.1, -0.05) is 0 Å². The molecule has 4 atom stereocenters. The van der Waals surface area contributed by atoms with Crippen LogP contribution in [0, 0.1) is 5.92 Å². The lowest BCUT2D eigenvalue weighted by Crippen LogP contribution is -2.61. The third-order valence-electron chi connectivity index (χ3n) is 3.69. The third-order valence-corrected chi connectivity index (χ3v) is 3.69. The number of aliphatic hydroxyl groups is 1. The van der Waals surface area contributed by atoms with Gasteiger partial charge in [0.05, 0.1) is 18.1 Å². The number of rotatable bonds is 5. The Hall–Kier alpha value is -2.13. The van der Waals surface area contributed by atoms with E-state index in [0.29, 0.717) is 0 Å². The molecule has 0 radical (unpaired) electrons. The number of carboxylic acid groups (broad SMARTS) is 1. The number of methoxy groups -OCH3 is 1. The number of carbonyl (C=O) groups excluding carboxylic acids is 2. The van der Waals surface area contributed by atoms with Crippen LogP contribution < -0.4 is 5.73 Å². The number of aliphatic carboxylic acids is 1. The number of aliphatic hydroxyl groups excluding tert-OH is 1. The Labute approximate surface area is 119 Å². The minimum Gasteiger partial charge on any atom is -0.477 e. The highest BCUT2D eigenvalue weighted by atomic mass is 16.7. The van der Waals surface area contributed by atoms with Crippen LogP contribution in [0.25, 0.3) is 0 Å². The average molecular weight is 300 g/mol. The van der Waals surface area contributed by atoms with Crippen molar-refractivity contribution in [2.75, 3.05) is 7.11 Å². The molecule has 2 aliphatic heterocycles. The van der Waals surface area contributed by atoms with E-state index in [9.17, 15) is 24.6 Å². The van der Waals surface area contributed by atoms with Crippen molar-refractivity contribution in [2.45, 2.75) is 31.8 Å². The number of β-lactam (4-membered cyclic amide) rings is 1. The number of fused-ring (bicyclic) bond motifs is 1. The summed E-state index contributed by atoms with van der Waals surface area (Å²) in [5.41, 5.74) is 4.78. The predicted octanol–water partition coefficient (Wildman–Crippen LogP) is -0.996. The summed E-state index contributed by atoms with van der Waals surface area (Å²) in [6.45, 7) is 1.46. The SMILES string of the molecule is COC(OC(N)=O)C1=C(C(=O)O)N2C(=O)C(C(C)O)C2C1. The van der Waals surface area contributed by atoms with Crippen molar-refractivity contribution < 1.29 is 34.1 Å². The first-order valence-corrected chi connectivity index (χ1v) is 6.26. The molecule has 4 unspecified atom stereocenters. The van der Waals surface area contributed by atoms with Gasteiger partial charge in [-0.15, -0.1) is 0 Å². The molecule has 1 saturated heterocycles. The molecule has 21 heavy (non-hydrogen) atoms. The zero-order chi connectivity index (χ0) is 15.9. The first kappa shape index (κ1) is 15.3. The fourth-order valence-corrected chi connectivity index (χ4v) is 2.88. The largest absolute Gasteiger partial charge is 0.477 e. The summed E-state index contributed by atoms with van der Waals surface area (Å²) in [7, 11) is 1.23. The molecule has 2 amide bonds. The lowest BCUT2D eigenvalue weighted by Gasteiger charge is -2.44. The molecule has 0 spiro atoms. The van der Waals surface area contributed by atoms with E-state index in [0.717, 1.165) is 4.90 Å². The number of carboxylic acids is 1. The van der Waals surface area contributed by atoms with Gasteiger partial charge in [0, 0.05) is 12.7 Å². The van der Waals surface area contributed by atoms with Crippen LogP contribution in [0.3, 0.4) is 0 Å². The van der Waals surface area contributed by atoms with Crippen molar-refractivity contribution in [1.29, 1.82) is 0 Å². The zero-order valence-electron chi connectivity index (χ0n) is 11.5. The second-order valence-electron chi connectivity index (χ2n) is 4.93. The quantitative estimate of drug-likeness (QED) is 0.437. The van der Waals surface area contributed by atoms with Crippen LogP contribution in [0.4, 0.5) is 4.79 Å². The van der Waals surface area contributed by atoms with Gasteiger partial charge in [0.1, 0.15) is 5.70 Å². The van der Waals surface area contributed by atoms with Gasteiger partial charge in [-0.3, -0.25) is 4.79 Å². The summed E-state index contributed by atoms with van der Waals surface area (Å²) >= 11 is 0. The molecule has 0 aromatic heterocycles. The zero-order valence-corrected chi connectivity index (χ0v) is 11.5. The first-order chi connectivity index (χ1) is 9.79. The molecule has 1 fully saturated rings. The van der Waals surface area contributed by atoms with E-state index in [1.54, 1.807) is 0 Å². The van der Waals surface area contributed by atoms with Crippen LogP contribution in [0.5, 0.6) is 0 Å². The van der Waals surface area contributed by atoms with Crippen molar-refractivity contribution in [2.24, 2.45) is 11.7 Å². The van der Waals surface area contributed by atoms with Gasteiger partial charge < -0.3 is 30.3 Å². The van der Waals surface area contributed by atoms with Gasteiger partial charge >= 0.3 is 12.1 Å². The molecule has 116 valence electrons. The monoisotopic (exact) mass is 300 g/mol. The van der Waals surface area contributed by atoms with E-state index in [1.807, 2.05) is 0 Å². The molecule has 0 aliphatic carbocycles. The number of carbonyl (C=O) groups is 3. The Morgan fingerprint density at radius 3 is 2.52 bits per heavy atom. The van der Waals surface area contributed by atoms with Crippen LogP contribution in [-0.2, 0) is 19.1 Å². The molecule has 0 saturated carbocycles. The van der Waals surface area contributed by atoms with Gasteiger partial charge in [-0.2, -0.15) is 0 Å². The number of hydrogen-bond acceptors (Lipinski definition) is 6. The minimum absolute atomic E-state index is 0.134. The first-order valence-electron chi connectivity index (χ1n) is 6.26. The number of hydrogen-bond donors (Lipinski definition) is 3. The van der Waals surface area contributed by atoms with Crippen LogP contribution in [0.1, 0.15) is 13.3 Å². The van der Waals surface area contributed by atoms with Gasteiger partial charge in [-0.25, -0.2) is 9.59 Å². The van der Waals surface area contributed by atoms with Crippen molar-refractivity contribution in [1.82, 2.24) is 4.90 Å². The highest BCUT2D eigenvalue weighted by Crippen LogP contribution is 2.45. The van der Waals surface area contributed by atoms with Gasteiger partial charge in [-0.05, 0) is 13.3 Å². The van der Waals surface area contributed by atoms with Crippen LogP contribution >= 0.6 is 0 Å². The highest BCUT2D eigenvalue weighted by molar-refractivity contribution is 5.99. The number of nitrogens with zero attached hydrogens (tertiary/aromatic N) is 1. The van der Waals surface area contributed by atoms with E-state index >= 15 is 0 Å². The molecule has 0 bridgehead atoms. The minimum atomic E-state index is -1.33. The maximum atomic E-state index is 12.0. The van der Waals surface area contributed by atoms with E-state index < -0.39 is 42.3 Å². The molecule has 9 heteroatoms. The Bertz CT molecular complexity index is 528. The summed E-state index contributed by atoms with van der Waals surface area (Å²) < 4.78 is 9.65. The lowest BCUT2D eigenvalue weighted by molar-refractivity contribution is -0.161. The van der Waals surface area contributed by atoms with Crippen molar-refractivity contribution in [3.63, 3.8) is 0 Å². The van der Waals surface area contributed by atoms with Crippen LogP contribution in [0.15, 0.2) is 11.3 Å². The number of ether oxygens (including phenoxy) is 2. The summed E-state index contributed by atoms with van der Waals surface area (Å²) in [6.07, 6.45) is -3.16. The maximum absolute atomic E-state index is 12.0. The molecule has 4 N–H and O–H groups in total. The Balaban J connectivity index is 2.34. The lowest BCUT2D eigenvalue weighted by atomic mass is 9.83. The molecule has 2 rings (SSSR count). The fraction of sp³-hybridized carbons (Fsp3) is 0.583. The molecule has 2 aliphatic rings. The summed E-state index contributed by atoms with van der Waals surface area (Å²) in [4.78, 5) is 35.3. The summed E-state index contributed by atoms with van der Waals surface area (Å²) in [5.74, 6) is -2.49. The number of amides is 2. The second kappa shape index (κ2) is 5.34. The summed E-state index contributed by atoms with van der Waals surface area (Å²) in [6, 6.07) is -0.479. The standard InChI is InChI=1S/C12H16N2O7/c1-4(15)7-6-3-5(11(20-2)21-12(13)19)8(10(17)18)14(6)9(7)16/h4,6-7,11,15H,3H2,1-2H3,(H2,13,19)(H,17,18). The fourth-order valence-electron chi connectivity index (χ4n) is 2.88. The van der Waals surface area contributed by atoms with Crippen LogP contribution in [0.2, 0.25) is 0 Å². The molecule has 0 aromatic rings. The molecule has 9 nitrogen and oxygen atoms in total. The third kappa shape index (κ3) is 2.34. The molecular weight excluding hydrogens is 284 g/mol. The topological polar surface area (TPSA) is 139 Å².